The predicted octanol–water partition coefficient (Wildman–Crippen LogP) is 1.98. The highest BCUT2D eigenvalue weighted by molar-refractivity contribution is 8.00. The number of hydrogen-bond acceptors (Lipinski definition) is 5. The number of rotatable bonds is 0. The highest BCUT2D eigenvalue weighted by Crippen LogP contribution is 2.55. The van der Waals surface area contributed by atoms with Crippen molar-refractivity contribution in [2.75, 3.05) is 4.90 Å². The largest absolute Gasteiger partial charge is 0.430 e. The van der Waals surface area contributed by atoms with Crippen LogP contribution in [0.25, 0.3) is 0 Å². The number of carbonyl (C=O) groups is 2. The maximum atomic E-state index is 12.1. The lowest BCUT2D eigenvalue weighted by atomic mass is 10.1. The highest BCUT2D eigenvalue weighted by Gasteiger charge is 2.63. The minimum Gasteiger partial charge on any atom is -0.430 e. The number of thioether (sulfide) groups is 1. The molecule has 19 heavy (non-hydrogen) atoms. The van der Waals surface area contributed by atoms with Gasteiger partial charge in [0.15, 0.2) is 0 Å². The summed E-state index contributed by atoms with van der Waals surface area (Å²) in [6.45, 7) is 0. The smallest absolute Gasteiger partial charge is 0.399 e. The van der Waals surface area contributed by atoms with E-state index in [1.54, 1.807) is 23.9 Å². The number of anilines is 1. The van der Waals surface area contributed by atoms with Crippen molar-refractivity contribution in [3.63, 3.8) is 0 Å². The number of nitrogens with zero attached hydrogens (tertiary/aromatic N) is 2. The number of esters is 1. The molecule has 3 aliphatic rings. The van der Waals surface area contributed by atoms with E-state index < -0.39 is 17.6 Å². The van der Waals surface area contributed by atoms with E-state index in [4.69, 9.17) is 16.3 Å². The third-order valence-corrected chi connectivity index (χ3v) is 5.45. The van der Waals surface area contributed by atoms with Crippen LogP contribution in [0.2, 0.25) is 5.15 Å². The zero-order chi connectivity index (χ0) is 13.2. The standard InChI is InChI=1S/C12H9ClN2O3S/c13-8-4-3-6-9(14-8)19-7-2-1-5-12(7)15(6)10(16)11(17)18-12/h3-4,7H,1-2,5H2. The first-order valence-corrected chi connectivity index (χ1v) is 7.28. The van der Waals surface area contributed by atoms with Gasteiger partial charge in [-0.3, -0.25) is 9.69 Å². The Labute approximate surface area is 118 Å². The maximum absolute atomic E-state index is 12.1. The van der Waals surface area contributed by atoms with Crippen LogP contribution in [0.3, 0.4) is 0 Å². The average Bonchev–Trinajstić information content (AvgIpc) is 2.87. The van der Waals surface area contributed by atoms with Crippen LogP contribution in [-0.4, -0.2) is 27.8 Å². The average molecular weight is 297 g/mol. The fourth-order valence-electron chi connectivity index (χ4n) is 3.08. The molecule has 98 valence electrons. The number of halogens is 1. The molecule has 0 N–H and O–H groups in total. The topological polar surface area (TPSA) is 59.5 Å². The SMILES string of the molecule is O=C1OC23CCCC2Sc2nc(Cl)ccc2N3C1=O. The van der Waals surface area contributed by atoms with Gasteiger partial charge in [-0.25, -0.2) is 9.78 Å². The fraction of sp³-hybridized carbons (Fsp3) is 0.417. The van der Waals surface area contributed by atoms with Gasteiger partial charge in [0.2, 0.25) is 5.72 Å². The van der Waals surface area contributed by atoms with Crippen LogP contribution in [0, 0.1) is 0 Å². The van der Waals surface area contributed by atoms with Crippen molar-refractivity contribution in [2.24, 2.45) is 0 Å². The molecule has 0 radical (unpaired) electrons. The first kappa shape index (κ1) is 11.5. The third kappa shape index (κ3) is 1.36. The molecule has 1 aliphatic carbocycles. The van der Waals surface area contributed by atoms with Gasteiger partial charge < -0.3 is 4.74 Å². The molecular weight excluding hydrogens is 288 g/mol. The maximum Gasteiger partial charge on any atom is 0.399 e. The summed E-state index contributed by atoms with van der Waals surface area (Å²) in [5.74, 6) is -1.37. The summed E-state index contributed by atoms with van der Waals surface area (Å²) in [6, 6.07) is 3.35. The minimum absolute atomic E-state index is 0.0429. The number of aromatic nitrogens is 1. The Balaban J connectivity index is 1.95. The van der Waals surface area contributed by atoms with E-state index in [0.717, 1.165) is 12.8 Å². The second kappa shape index (κ2) is 3.64. The number of carbonyl (C=O) groups excluding carboxylic acids is 2. The van der Waals surface area contributed by atoms with Crippen LogP contribution in [0.1, 0.15) is 19.3 Å². The molecule has 3 heterocycles. The second-order valence-electron chi connectivity index (χ2n) is 4.83. The monoisotopic (exact) mass is 296 g/mol. The third-order valence-electron chi connectivity index (χ3n) is 3.83. The van der Waals surface area contributed by atoms with E-state index in [1.165, 1.54) is 4.90 Å². The lowest BCUT2D eigenvalue weighted by molar-refractivity contribution is -0.152. The summed E-state index contributed by atoms with van der Waals surface area (Å²) in [5, 5.41) is 1.12. The van der Waals surface area contributed by atoms with Crippen LogP contribution in [0.4, 0.5) is 5.69 Å². The van der Waals surface area contributed by atoms with E-state index in [2.05, 4.69) is 4.98 Å². The molecule has 5 nitrogen and oxygen atoms in total. The Morgan fingerprint density at radius 3 is 3.16 bits per heavy atom. The summed E-state index contributed by atoms with van der Waals surface area (Å²) in [5.41, 5.74) is -0.176. The van der Waals surface area contributed by atoms with Crippen LogP contribution >= 0.6 is 23.4 Å². The molecule has 2 aliphatic heterocycles. The Morgan fingerprint density at radius 1 is 1.47 bits per heavy atom. The van der Waals surface area contributed by atoms with Gasteiger partial charge in [0, 0.05) is 6.42 Å². The van der Waals surface area contributed by atoms with Gasteiger partial charge in [-0.1, -0.05) is 23.4 Å². The fourth-order valence-corrected chi connectivity index (χ4v) is 4.72. The molecule has 1 saturated carbocycles. The Bertz CT molecular complexity index is 623. The molecule has 1 aromatic heterocycles. The summed E-state index contributed by atoms with van der Waals surface area (Å²) in [7, 11) is 0. The molecule has 1 amide bonds. The van der Waals surface area contributed by atoms with E-state index in [9.17, 15) is 9.59 Å². The van der Waals surface area contributed by atoms with Gasteiger partial charge in [0.25, 0.3) is 0 Å². The van der Waals surface area contributed by atoms with Crippen molar-refractivity contribution >= 4 is 40.9 Å². The van der Waals surface area contributed by atoms with Gasteiger partial charge in [-0.15, -0.1) is 0 Å². The Kier molecular flexibility index (Phi) is 2.21. The van der Waals surface area contributed by atoms with Crippen molar-refractivity contribution in [3.8, 4) is 0 Å². The zero-order valence-corrected chi connectivity index (χ0v) is 11.3. The van der Waals surface area contributed by atoms with Gasteiger partial charge in [0.05, 0.1) is 10.9 Å². The summed E-state index contributed by atoms with van der Waals surface area (Å²) >= 11 is 7.45. The lowest BCUT2D eigenvalue weighted by Crippen LogP contribution is -2.53. The van der Waals surface area contributed by atoms with Gasteiger partial charge in [-0.2, -0.15) is 0 Å². The number of fused-ring (bicyclic) bond motifs is 2. The number of amides is 1. The molecule has 1 spiro atoms. The highest BCUT2D eigenvalue weighted by atomic mass is 35.5. The van der Waals surface area contributed by atoms with Crippen LogP contribution in [0.15, 0.2) is 17.2 Å². The van der Waals surface area contributed by atoms with E-state index in [1.807, 2.05) is 0 Å². The van der Waals surface area contributed by atoms with E-state index in [-0.39, 0.29) is 5.25 Å². The number of ether oxygens (including phenoxy) is 1. The lowest BCUT2D eigenvalue weighted by Gasteiger charge is -2.40. The molecule has 7 heteroatoms. The zero-order valence-electron chi connectivity index (χ0n) is 9.76. The first-order valence-electron chi connectivity index (χ1n) is 6.02. The van der Waals surface area contributed by atoms with Crippen LogP contribution in [0.5, 0.6) is 0 Å². The normalized spacial score (nSPS) is 31.8. The van der Waals surface area contributed by atoms with Crippen molar-refractivity contribution in [1.29, 1.82) is 0 Å². The van der Waals surface area contributed by atoms with Crippen molar-refractivity contribution in [2.45, 2.75) is 35.3 Å². The summed E-state index contributed by atoms with van der Waals surface area (Å²) < 4.78 is 5.43. The molecule has 2 fully saturated rings. The molecule has 2 unspecified atom stereocenters. The first-order chi connectivity index (χ1) is 9.12. The van der Waals surface area contributed by atoms with Crippen molar-refractivity contribution in [1.82, 2.24) is 4.98 Å². The Morgan fingerprint density at radius 2 is 2.32 bits per heavy atom. The van der Waals surface area contributed by atoms with Crippen LogP contribution in [-0.2, 0) is 14.3 Å². The molecule has 0 aromatic carbocycles. The molecule has 1 saturated heterocycles. The second-order valence-corrected chi connectivity index (χ2v) is 6.41. The molecular formula is C12H9ClN2O3S. The van der Waals surface area contributed by atoms with E-state index in [0.29, 0.717) is 22.3 Å². The van der Waals surface area contributed by atoms with Crippen molar-refractivity contribution < 1.29 is 14.3 Å². The Hall–Kier alpha value is -1.27. The molecule has 1 aromatic rings. The van der Waals surface area contributed by atoms with E-state index >= 15 is 0 Å². The molecule has 4 rings (SSSR count). The quantitative estimate of drug-likeness (QED) is 0.416. The van der Waals surface area contributed by atoms with Gasteiger partial charge >= 0.3 is 11.9 Å². The number of pyridine rings is 1. The summed E-state index contributed by atoms with van der Waals surface area (Å²) in [4.78, 5) is 29.5. The molecule has 2 atom stereocenters. The molecule has 0 bridgehead atoms. The predicted molar refractivity (Wildman–Crippen MR) is 69.1 cm³/mol. The van der Waals surface area contributed by atoms with Gasteiger partial charge in [0.1, 0.15) is 10.2 Å². The number of hydrogen-bond donors (Lipinski definition) is 0. The van der Waals surface area contributed by atoms with Gasteiger partial charge in [-0.05, 0) is 25.0 Å². The van der Waals surface area contributed by atoms with Crippen molar-refractivity contribution in [3.05, 3.63) is 17.3 Å². The summed E-state index contributed by atoms with van der Waals surface area (Å²) in [6.07, 6.45) is 2.51. The minimum atomic E-state index is -0.804. The van der Waals surface area contributed by atoms with Crippen LogP contribution < -0.4 is 4.90 Å².